The number of rotatable bonds is 3. The molecule has 6 heteroatoms. The van der Waals surface area contributed by atoms with Crippen LogP contribution < -0.4 is 5.56 Å². The average molecular weight is 331 g/mol. The van der Waals surface area contributed by atoms with E-state index in [0.29, 0.717) is 31.0 Å². The van der Waals surface area contributed by atoms with E-state index in [1.165, 1.54) is 0 Å². The van der Waals surface area contributed by atoms with Crippen molar-refractivity contribution in [2.24, 2.45) is 11.8 Å². The van der Waals surface area contributed by atoms with Crippen molar-refractivity contribution in [3.63, 3.8) is 0 Å². The summed E-state index contributed by atoms with van der Waals surface area (Å²) in [7, 11) is 4.17. The highest BCUT2D eigenvalue weighted by atomic mass is 16.5. The molecular formula is C18H25N3O3. The number of ether oxygens (including phenoxy) is 1. The van der Waals surface area contributed by atoms with E-state index in [0.717, 1.165) is 25.1 Å². The highest BCUT2D eigenvalue weighted by Crippen LogP contribution is 2.55. The number of aromatic nitrogens is 1. The molecule has 0 radical (unpaired) electrons. The molecule has 1 spiro atoms. The first-order valence-electron chi connectivity index (χ1n) is 8.71. The van der Waals surface area contributed by atoms with E-state index >= 15 is 0 Å². The van der Waals surface area contributed by atoms with Crippen LogP contribution in [-0.4, -0.2) is 66.1 Å². The van der Waals surface area contributed by atoms with E-state index in [-0.39, 0.29) is 22.6 Å². The minimum Gasteiger partial charge on any atom is -0.369 e. The van der Waals surface area contributed by atoms with Crippen LogP contribution in [0, 0.1) is 18.8 Å². The molecule has 2 bridgehead atoms. The van der Waals surface area contributed by atoms with Gasteiger partial charge in [0.2, 0.25) is 0 Å². The number of hydrogen-bond acceptors (Lipinski definition) is 4. The van der Waals surface area contributed by atoms with Crippen LogP contribution in [0.2, 0.25) is 0 Å². The third-order valence-corrected chi connectivity index (χ3v) is 5.93. The van der Waals surface area contributed by atoms with Gasteiger partial charge in [0.05, 0.1) is 18.2 Å². The minimum atomic E-state index is -0.301. The molecule has 0 saturated carbocycles. The molecule has 1 N–H and O–H groups in total. The van der Waals surface area contributed by atoms with Crippen molar-refractivity contribution >= 4 is 5.91 Å². The summed E-state index contributed by atoms with van der Waals surface area (Å²) in [5, 5.41) is 0. The maximum atomic E-state index is 12.9. The molecule has 1 aromatic heterocycles. The summed E-state index contributed by atoms with van der Waals surface area (Å²) < 4.78 is 6.36. The lowest BCUT2D eigenvalue weighted by Gasteiger charge is -2.30. The summed E-state index contributed by atoms with van der Waals surface area (Å²) >= 11 is 0. The summed E-state index contributed by atoms with van der Waals surface area (Å²) in [5.74, 6) is 0.686. The molecule has 3 aliphatic heterocycles. The topological polar surface area (TPSA) is 65.6 Å². The van der Waals surface area contributed by atoms with Gasteiger partial charge < -0.3 is 19.5 Å². The third-order valence-electron chi connectivity index (χ3n) is 5.93. The van der Waals surface area contributed by atoms with E-state index in [9.17, 15) is 9.59 Å². The van der Waals surface area contributed by atoms with Gasteiger partial charge in [0.25, 0.3) is 11.5 Å². The van der Waals surface area contributed by atoms with E-state index in [2.05, 4.69) is 24.0 Å². The van der Waals surface area contributed by atoms with Gasteiger partial charge in [0, 0.05) is 30.6 Å². The molecule has 1 amide bonds. The first kappa shape index (κ1) is 15.8. The first-order valence-corrected chi connectivity index (χ1v) is 8.71. The molecular weight excluding hydrogens is 306 g/mol. The first-order chi connectivity index (χ1) is 11.4. The molecule has 130 valence electrons. The number of amides is 1. The summed E-state index contributed by atoms with van der Waals surface area (Å²) in [6.07, 6.45) is 2.44. The molecule has 1 aromatic rings. The van der Waals surface area contributed by atoms with Crippen LogP contribution in [0.25, 0.3) is 0 Å². The zero-order valence-corrected chi connectivity index (χ0v) is 14.5. The number of nitrogens with zero attached hydrogens (tertiary/aromatic N) is 2. The van der Waals surface area contributed by atoms with Gasteiger partial charge in [0.1, 0.15) is 5.56 Å². The van der Waals surface area contributed by atoms with E-state index in [4.69, 9.17) is 4.74 Å². The van der Waals surface area contributed by atoms with Crippen LogP contribution in [-0.2, 0) is 4.74 Å². The van der Waals surface area contributed by atoms with Crippen molar-refractivity contribution in [3.05, 3.63) is 33.7 Å². The van der Waals surface area contributed by atoms with E-state index < -0.39 is 0 Å². The van der Waals surface area contributed by atoms with Crippen LogP contribution in [0.3, 0.4) is 0 Å². The maximum Gasteiger partial charge on any atom is 0.260 e. The number of aromatic amines is 1. The molecule has 0 aliphatic carbocycles. The third kappa shape index (κ3) is 2.31. The quantitative estimate of drug-likeness (QED) is 0.892. The Labute approximate surface area is 141 Å². The Morgan fingerprint density at radius 2 is 2.25 bits per heavy atom. The number of carbonyl (C=O) groups is 1. The van der Waals surface area contributed by atoms with Gasteiger partial charge in [-0.2, -0.15) is 0 Å². The zero-order chi connectivity index (χ0) is 17.1. The van der Waals surface area contributed by atoms with Gasteiger partial charge in [0.15, 0.2) is 0 Å². The Hall–Kier alpha value is -1.66. The van der Waals surface area contributed by atoms with Crippen molar-refractivity contribution in [2.45, 2.75) is 31.5 Å². The van der Waals surface area contributed by atoms with Gasteiger partial charge in [-0.05, 0) is 46.0 Å². The number of aryl methyl sites for hydroxylation is 1. The van der Waals surface area contributed by atoms with Crippen molar-refractivity contribution < 1.29 is 9.53 Å². The monoisotopic (exact) mass is 331 g/mol. The Balaban J connectivity index is 1.57. The Bertz CT molecular complexity index is 728. The minimum absolute atomic E-state index is 0.171. The second-order valence-electron chi connectivity index (χ2n) is 7.86. The summed E-state index contributed by atoms with van der Waals surface area (Å²) in [4.78, 5) is 31.7. The lowest BCUT2D eigenvalue weighted by molar-refractivity contribution is 0.00254. The fourth-order valence-corrected chi connectivity index (χ4v) is 4.92. The number of nitrogens with one attached hydrogen (secondary N) is 1. The number of fused-ring (bicyclic) bond motifs is 1. The predicted octanol–water partition coefficient (Wildman–Crippen LogP) is 0.865. The Kier molecular flexibility index (Phi) is 3.58. The van der Waals surface area contributed by atoms with Crippen LogP contribution in [0.1, 0.15) is 28.9 Å². The molecule has 3 fully saturated rings. The maximum absolute atomic E-state index is 12.9. The Morgan fingerprint density at radius 1 is 1.46 bits per heavy atom. The smallest absolute Gasteiger partial charge is 0.260 e. The van der Waals surface area contributed by atoms with Crippen molar-refractivity contribution in [1.29, 1.82) is 0 Å². The van der Waals surface area contributed by atoms with E-state index in [1.807, 2.05) is 11.8 Å². The molecule has 4 heterocycles. The molecule has 4 rings (SSSR count). The predicted molar refractivity (Wildman–Crippen MR) is 90.1 cm³/mol. The highest BCUT2D eigenvalue weighted by Gasteiger charge is 2.63. The van der Waals surface area contributed by atoms with Crippen molar-refractivity contribution in [2.75, 3.05) is 33.7 Å². The van der Waals surface area contributed by atoms with Gasteiger partial charge in [-0.15, -0.1) is 0 Å². The second kappa shape index (κ2) is 5.43. The highest BCUT2D eigenvalue weighted by molar-refractivity contribution is 5.94. The van der Waals surface area contributed by atoms with Crippen molar-refractivity contribution in [1.82, 2.24) is 14.8 Å². The number of hydrogen-bond donors (Lipinski definition) is 1. The second-order valence-corrected chi connectivity index (χ2v) is 7.86. The van der Waals surface area contributed by atoms with Crippen LogP contribution in [0.5, 0.6) is 0 Å². The fraction of sp³-hybridized carbons (Fsp3) is 0.667. The van der Waals surface area contributed by atoms with Gasteiger partial charge in [-0.25, -0.2) is 0 Å². The summed E-state index contributed by atoms with van der Waals surface area (Å²) in [5.41, 5.74) is 0.514. The molecule has 0 aromatic carbocycles. The van der Waals surface area contributed by atoms with E-state index in [1.54, 1.807) is 12.1 Å². The lowest BCUT2D eigenvalue weighted by Crippen LogP contribution is -2.40. The van der Waals surface area contributed by atoms with Crippen LogP contribution in [0.15, 0.2) is 16.9 Å². The lowest BCUT2D eigenvalue weighted by atomic mass is 9.73. The molecule has 4 atom stereocenters. The van der Waals surface area contributed by atoms with Crippen LogP contribution in [0.4, 0.5) is 0 Å². The SMILES string of the molecule is Cc1ccc(C(=O)N2C[C@H]3[C@@H](CN(C)C)[C@@H]4CC[C@@]3(C2)O4)c(=O)[nH]1. The number of carbonyl (C=O) groups excluding carboxylic acids is 1. The van der Waals surface area contributed by atoms with Crippen molar-refractivity contribution in [3.8, 4) is 0 Å². The van der Waals surface area contributed by atoms with Gasteiger partial charge in [-0.1, -0.05) is 0 Å². The normalized spacial score (nSPS) is 34.2. The van der Waals surface area contributed by atoms with Gasteiger partial charge >= 0.3 is 0 Å². The molecule has 3 saturated heterocycles. The number of H-pyrrole nitrogens is 1. The van der Waals surface area contributed by atoms with Crippen LogP contribution >= 0.6 is 0 Å². The molecule has 0 unspecified atom stereocenters. The molecule has 3 aliphatic rings. The zero-order valence-electron chi connectivity index (χ0n) is 14.5. The number of likely N-dealkylation sites (tertiary alicyclic amines) is 1. The largest absolute Gasteiger partial charge is 0.369 e. The Morgan fingerprint density at radius 3 is 2.96 bits per heavy atom. The average Bonchev–Trinajstić information content (AvgIpc) is 3.16. The standard InChI is InChI=1S/C18H25N3O3/c1-11-4-5-12(16(22)19-11)17(23)21-9-14-13(8-20(2)3)15-6-7-18(14,10-21)24-15/h4-5,13-15H,6-10H2,1-3H3,(H,19,22)/t13-,14+,15+,18+/m1/s1. The fourth-order valence-electron chi connectivity index (χ4n) is 4.92. The van der Waals surface area contributed by atoms with Gasteiger partial charge in [-0.3, -0.25) is 9.59 Å². The molecule has 24 heavy (non-hydrogen) atoms. The number of pyridine rings is 1. The summed E-state index contributed by atoms with van der Waals surface area (Å²) in [6, 6.07) is 3.42. The summed E-state index contributed by atoms with van der Waals surface area (Å²) in [6.45, 7) is 4.11. The molecule has 6 nitrogen and oxygen atoms in total.